The summed E-state index contributed by atoms with van der Waals surface area (Å²) in [5, 5.41) is 10.9. The minimum absolute atomic E-state index is 0.0558. The van der Waals surface area contributed by atoms with Crippen molar-refractivity contribution in [3.05, 3.63) is 72.1 Å². The zero-order valence-corrected chi connectivity index (χ0v) is 15.7. The van der Waals surface area contributed by atoms with Gasteiger partial charge in [0.2, 0.25) is 10.0 Å². The molecule has 0 atom stereocenters. The van der Waals surface area contributed by atoms with Gasteiger partial charge in [0.05, 0.1) is 16.8 Å². The van der Waals surface area contributed by atoms with Crippen LogP contribution in [-0.4, -0.2) is 47.7 Å². The third kappa shape index (κ3) is 4.04. The lowest BCUT2D eigenvalue weighted by Gasteiger charge is -2.15. The van der Waals surface area contributed by atoms with E-state index in [1.807, 2.05) is 30.3 Å². The number of sulfonamides is 1. The van der Waals surface area contributed by atoms with Gasteiger partial charge >= 0.3 is 0 Å². The highest BCUT2D eigenvalue weighted by molar-refractivity contribution is 7.89. The molecular weight excluding hydrogens is 366 g/mol. The topological polar surface area (TPSA) is 97.2 Å². The van der Waals surface area contributed by atoms with Crippen LogP contribution in [0.3, 0.4) is 0 Å². The number of amides is 1. The molecule has 0 fully saturated rings. The molecule has 1 heterocycles. The molecular formula is C18H19N5O3S. The maximum absolute atomic E-state index is 12.4. The summed E-state index contributed by atoms with van der Waals surface area (Å²) in [6.45, 7) is 0.0558. The molecule has 2 aromatic carbocycles. The average molecular weight is 385 g/mol. The second-order valence-corrected chi connectivity index (χ2v) is 8.05. The van der Waals surface area contributed by atoms with E-state index >= 15 is 0 Å². The minimum atomic E-state index is -3.60. The molecule has 9 heteroatoms. The molecule has 0 saturated carbocycles. The summed E-state index contributed by atoms with van der Waals surface area (Å²) in [6.07, 6.45) is 1.37. The van der Waals surface area contributed by atoms with Crippen molar-refractivity contribution in [3.63, 3.8) is 0 Å². The van der Waals surface area contributed by atoms with Crippen molar-refractivity contribution in [1.29, 1.82) is 0 Å². The van der Waals surface area contributed by atoms with Gasteiger partial charge in [0.15, 0.2) is 5.69 Å². The Morgan fingerprint density at radius 2 is 1.74 bits per heavy atom. The van der Waals surface area contributed by atoms with Gasteiger partial charge in [-0.2, -0.15) is 9.90 Å². The molecule has 3 rings (SSSR count). The molecule has 1 amide bonds. The second kappa shape index (κ2) is 7.68. The predicted molar refractivity (Wildman–Crippen MR) is 99.8 cm³/mol. The molecule has 27 heavy (non-hydrogen) atoms. The summed E-state index contributed by atoms with van der Waals surface area (Å²) in [5.74, 6) is -0.436. The molecule has 0 unspecified atom stereocenters. The van der Waals surface area contributed by atoms with Crippen LogP contribution in [0.15, 0.2) is 65.7 Å². The Morgan fingerprint density at radius 1 is 1.07 bits per heavy atom. The molecule has 0 aliphatic carbocycles. The van der Waals surface area contributed by atoms with E-state index in [0.29, 0.717) is 5.56 Å². The first-order chi connectivity index (χ1) is 12.9. The maximum Gasteiger partial charge on any atom is 0.273 e. The zero-order chi connectivity index (χ0) is 19.4. The largest absolute Gasteiger partial charge is 0.346 e. The summed E-state index contributed by atoms with van der Waals surface area (Å²) in [4.78, 5) is 13.9. The number of hydrogen-bond donors (Lipinski definition) is 1. The van der Waals surface area contributed by atoms with Gasteiger partial charge in [-0.05, 0) is 23.8 Å². The van der Waals surface area contributed by atoms with Gasteiger partial charge < -0.3 is 5.32 Å². The van der Waals surface area contributed by atoms with E-state index in [2.05, 4.69) is 15.5 Å². The van der Waals surface area contributed by atoms with E-state index in [4.69, 9.17) is 0 Å². The van der Waals surface area contributed by atoms with Gasteiger partial charge in [-0.25, -0.2) is 12.7 Å². The normalized spacial score (nSPS) is 11.5. The fourth-order valence-corrected chi connectivity index (χ4v) is 3.53. The van der Waals surface area contributed by atoms with Gasteiger partial charge in [-0.1, -0.05) is 36.4 Å². The molecule has 1 aromatic heterocycles. The number of carbonyl (C=O) groups excluding carboxylic acids is 1. The second-order valence-electron chi connectivity index (χ2n) is 5.93. The van der Waals surface area contributed by atoms with Crippen molar-refractivity contribution < 1.29 is 13.2 Å². The summed E-state index contributed by atoms with van der Waals surface area (Å²) in [5.41, 5.74) is 1.38. The highest BCUT2D eigenvalue weighted by Crippen LogP contribution is 2.18. The van der Waals surface area contributed by atoms with Gasteiger partial charge in [0.25, 0.3) is 5.91 Å². The van der Waals surface area contributed by atoms with Crippen LogP contribution in [0.5, 0.6) is 0 Å². The van der Waals surface area contributed by atoms with E-state index in [-0.39, 0.29) is 17.1 Å². The number of benzene rings is 2. The van der Waals surface area contributed by atoms with Crippen LogP contribution >= 0.6 is 0 Å². The lowest BCUT2D eigenvalue weighted by molar-refractivity contribution is 0.0945. The monoisotopic (exact) mass is 385 g/mol. The molecule has 140 valence electrons. The highest BCUT2D eigenvalue weighted by atomic mass is 32.2. The smallest absolute Gasteiger partial charge is 0.273 e. The number of aromatic nitrogens is 3. The molecule has 0 saturated heterocycles. The van der Waals surface area contributed by atoms with Gasteiger partial charge in [0.1, 0.15) is 0 Å². The average Bonchev–Trinajstić information content (AvgIpc) is 3.17. The van der Waals surface area contributed by atoms with E-state index in [9.17, 15) is 13.2 Å². The fraction of sp³-hybridized carbons (Fsp3) is 0.167. The molecule has 0 bridgehead atoms. The van der Waals surface area contributed by atoms with Crippen molar-refractivity contribution >= 4 is 15.9 Å². The summed E-state index contributed by atoms with van der Waals surface area (Å²) in [6, 6.07) is 15.8. The van der Waals surface area contributed by atoms with Crippen molar-refractivity contribution in [1.82, 2.24) is 24.6 Å². The molecule has 3 aromatic rings. The van der Waals surface area contributed by atoms with Crippen molar-refractivity contribution in [2.24, 2.45) is 0 Å². The first-order valence-electron chi connectivity index (χ1n) is 8.16. The SMILES string of the molecule is CN(C)S(=O)(=O)c1ccccc1CNC(=O)c1cnn(-c2ccccc2)n1. The number of nitrogens with one attached hydrogen (secondary N) is 1. The van der Waals surface area contributed by atoms with Crippen LogP contribution in [0, 0.1) is 0 Å². The van der Waals surface area contributed by atoms with E-state index in [1.165, 1.54) is 31.2 Å². The Bertz CT molecular complexity index is 1050. The first kappa shape index (κ1) is 18.7. The van der Waals surface area contributed by atoms with Crippen LogP contribution in [0.1, 0.15) is 16.1 Å². The van der Waals surface area contributed by atoms with E-state index in [1.54, 1.807) is 18.2 Å². The summed E-state index contributed by atoms with van der Waals surface area (Å²) >= 11 is 0. The Labute approximate surface area is 157 Å². The number of hydrogen-bond acceptors (Lipinski definition) is 5. The maximum atomic E-state index is 12.4. The zero-order valence-electron chi connectivity index (χ0n) is 14.9. The van der Waals surface area contributed by atoms with E-state index in [0.717, 1.165) is 9.99 Å². The third-order valence-corrected chi connectivity index (χ3v) is 5.80. The Balaban J connectivity index is 1.75. The fourth-order valence-electron chi connectivity index (χ4n) is 2.42. The van der Waals surface area contributed by atoms with Crippen molar-refractivity contribution in [3.8, 4) is 5.69 Å². The van der Waals surface area contributed by atoms with Crippen LogP contribution in [0.4, 0.5) is 0 Å². The molecule has 8 nitrogen and oxygen atoms in total. The molecule has 0 aliphatic rings. The third-order valence-electron chi connectivity index (χ3n) is 3.88. The summed E-state index contributed by atoms with van der Waals surface area (Å²) < 4.78 is 26.0. The lowest BCUT2D eigenvalue weighted by Crippen LogP contribution is -2.27. The minimum Gasteiger partial charge on any atom is -0.346 e. The van der Waals surface area contributed by atoms with Crippen LogP contribution in [0.25, 0.3) is 5.69 Å². The molecule has 0 aliphatic heterocycles. The van der Waals surface area contributed by atoms with Gasteiger partial charge in [-0.15, -0.1) is 5.10 Å². The van der Waals surface area contributed by atoms with Crippen LogP contribution < -0.4 is 5.32 Å². The first-order valence-corrected chi connectivity index (χ1v) is 9.60. The van der Waals surface area contributed by atoms with Gasteiger partial charge in [-0.3, -0.25) is 4.79 Å². The number of nitrogens with zero attached hydrogens (tertiary/aromatic N) is 4. The molecule has 0 radical (unpaired) electrons. The highest BCUT2D eigenvalue weighted by Gasteiger charge is 2.21. The van der Waals surface area contributed by atoms with Crippen LogP contribution in [0.2, 0.25) is 0 Å². The number of para-hydroxylation sites is 1. The van der Waals surface area contributed by atoms with Crippen molar-refractivity contribution in [2.45, 2.75) is 11.4 Å². The Kier molecular flexibility index (Phi) is 5.33. The quantitative estimate of drug-likeness (QED) is 0.693. The standard InChI is InChI=1S/C18H19N5O3S/c1-22(2)27(25,26)17-11-7-6-8-14(17)12-19-18(24)16-13-20-23(21-16)15-9-4-3-5-10-15/h3-11,13H,12H2,1-2H3,(H,19,24). The summed E-state index contributed by atoms with van der Waals surface area (Å²) in [7, 11) is -0.672. The van der Waals surface area contributed by atoms with Crippen molar-refractivity contribution in [2.75, 3.05) is 14.1 Å². The Hall–Kier alpha value is -3.04. The predicted octanol–water partition coefficient (Wildman–Crippen LogP) is 1.45. The Morgan fingerprint density at radius 3 is 2.44 bits per heavy atom. The van der Waals surface area contributed by atoms with Crippen LogP contribution in [-0.2, 0) is 16.6 Å². The molecule has 1 N–H and O–H groups in total. The number of rotatable bonds is 6. The lowest BCUT2D eigenvalue weighted by atomic mass is 10.2. The van der Waals surface area contributed by atoms with E-state index < -0.39 is 15.9 Å². The number of carbonyl (C=O) groups is 1. The molecule has 0 spiro atoms. The van der Waals surface area contributed by atoms with Gasteiger partial charge in [0, 0.05) is 20.6 Å².